The molecule has 4 nitrogen and oxygen atoms in total. The van der Waals surface area contributed by atoms with Crippen LogP contribution in [0.3, 0.4) is 0 Å². The Labute approximate surface area is 112 Å². The highest BCUT2D eigenvalue weighted by Gasteiger charge is 2.66. The summed E-state index contributed by atoms with van der Waals surface area (Å²) in [6.45, 7) is 7.44. The molecular formula is C15H18O4. The number of hydrogen-bond acceptors (Lipinski definition) is 4. The lowest BCUT2D eigenvalue weighted by molar-refractivity contribution is -0.165. The van der Waals surface area contributed by atoms with Gasteiger partial charge in [0.2, 0.25) is 0 Å². The first-order chi connectivity index (χ1) is 8.82. The number of aliphatic hydroxyl groups is 1. The highest BCUT2D eigenvalue weighted by Crippen LogP contribution is 2.56. The van der Waals surface area contributed by atoms with Gasteiger partial charge in [0.1, 0.15) is 17.1 Å². The van der Waals surface area contributed by atoms with E-state index in [2.05, 4.69) is 6.58 Å². The molecule has 1 aliphatic heterocycles. The zero-order valence-electron chi connectivity index (χ0n) is 11.2. The topological polar surface area (TPSA) is 63.6 Å². The largest absolute Gasteiger partial charge is 0.457 e. The van der Waals surface area contributed by atoms with Crippen molar-refractivity contribution in [2.24, 2.45) is 17.3 Å². The highest BCUT2D eigenvalue weighted by atomic mass is 16.6. The summed E-state index contributed by atoms with van der Waals surface area (Å²) in [5.74, 6) is -0.829. The van der Waals surface area contributed by atoms with Crippen LogP contribution in [0.25, 0.3) is 0 Å². The number of carbonyl (C=O) groups excluding carboxylic acids is 2. The first kappa shape index (κ1) is 12.6. The maximum Gasteiger partial charge on any atom is 0.334 e. The fourth-order valence-corrected chi connectivity index (χ4v) is 3.89. The van der Waals surface area contributed by atoms with Crippen LogP contribution in [0.15, 0.2) is 24.3 Å². The van der Waals surface area contributed by atoms with Gasteiger partial charge in [-0.3, -0.25) is 4.79 Å². The fraction of sp³-hybridized carbons (Fsp3) is 0.600. The number of esters is 1. The van der Waals surface area contributed by atoms with Gasteiger partial charge < -0.3 is 9.84 Å². The van der Waals surface area contributed by atoms with Crippen LogP contribution in [0, 0.1) is 17.3 Å². The van der Waals surface area contributed by atoms with Crippen LogP contribution in [-0.4, -0.2) is 28.6 Å². The molecule has 0 amide bonds. The first-order valence-electron chi connectivity index (χ1n) is 6.68. The summed E-state index contributed by atoms with van der Waals surface area (Å²) in [4.78, 5) is 24.1. The zero-order chi connectivity index (χ0) is 14.0. The van der Waals surface area contributed by atoms with Crippen LogP contribution >= 0.6 is 0 Å². The van der Waals surface area contributed by atoms with Crippen LogP contribution in [-0.2, 0) is 14.3 Å². The van der Waals surface area contributed by atoms with E-state index < -0.39 is 23.1 Å². The van der Waals surface area contributed by atoms with E-state index in [0.717, 1.165) is 12.8 Å². The van der Waals surface area contributed by atoms with Crippen LogP contribution in [0.5, 0.6) is 0 Å². The number of ether oxygens (including phenoxy) is 1. The van der Waals surface area contributed by atoms with Crippen LogP contribution in [0.1, 0.15) is 26.7 Å². The third-order valence-corrected chi connectivity index (χ3v) is 5.37. The molecule has 1 N–H and O–H groups in total. The van der Waals surface area contributed by atoms with Gasteiger partial charge in [0, 0.05) is 11.5 Å². The van der Waals surface area contributed by atoms with Gasteiger partial charge in [-0.25, -0.2) is 4.79 Å². The minimum atomic E-state index is -1.24. The standard InChI is InChI=1S/C15H18O4/c1-8-4-5-10-9(2)13(17)19-12(10)14(3)11(16)6-7-15(8,14)18/h6-8,10,12,18H,2,4-5H2,1,3H3/t8-,10?,12+,14-,15+/m0/s1. The summed E-state index contributed by atoms with van der Waals surface area (Å²) in [6.07, 6.45) is 3.85. The maximum absolute atomic E-state index is 12.3. The second-order valence-corrected chi connectivity index (χ2v) is 6.16. The summed E-state index contributed by atoms with van der Waals surface area (Å²) >= 11 is 0. The predicted octanol–water partition coefficient (Wildman–Crippen LogP) is 1.39. The minimum Gasteiger partial charge on any atom is -0.457 e. The van der Waals surface area contributed by atoms with Gasteiger partial charge in [0.25, 0.3) is 0 Å². The third-order valence-electron chi connectivity index (χ3n) is 5.37. The van der Waals surface area contributed by atoms with Crippen molar-refractivity contribution in [2.75, 3.05) is 0 Å². The molecule has 0 aromatic carbocycles. The highest BCUT2D eigenvalue weighted by molar-refractivity contribution is 6.01. The van der Waals surface area contributed by atoms with Gasteiger partial charge in [-0.15, -0.1) is 0 Å². The summed E-state index contributed by atoms with van der Waals surface area (Å²) in [5, 5.41) is 11.0. The van der Waals surface area contributed by atoms with E-state index in [1.807, 2.05) is 6.92 Å². The summed E-state index contributed by atoms with van der Waals surface area (Å²) in [5.41, 5.74) is -1.90. The number of rotatable bonds is 0. The van der Waals surface area contributed by atoms with Crippen molar-refractivity contribution >= 4 is 11.8 Å². The Morgan fingerprint density at radius 2 is 2.11 bits per heavy atom. The molecule has 5 atom stereocenters. The number of carbonyl (C=O) groups is 2. The Hall–Kier alpha value is -1.42. The molecule has 0 radical (unpaired) electrons. The van der Waals surface area contributed by atoms with Crippen molar-refractivity contribution in [3.63, 3.8) is 0 Å². The molecule has 1 unspecified atom stereocenters. The Balaban J connectivity index is 2.16. The molecule has 0 aromatic rings. The van der Waals surface area contributed by atoms with E-state index in [1.54, 1.807) is 13.0 Å². The number of allylic oxidation sites excluding steroid dienone is 1. The molecule has 2 fully saturated rings. The van der Waals surface area contributed by atoms with E-state index in [9.17, 15) is 14.7 Å². The molecule has 2 aliphatic carbocycles. The third kappa shape index (κ3) is 1.27. The van der Waals surface area contributed by atoms with Gasteiger partial charge in [-0.2, -0.15) is 0 Å². The van der Waals surface area contributed by atoms with Crippen molar-refractivity contribution in [1.29, 1.82) is 0 Å². The molecule has 0 bridgehead atoms. The lowest BCUT2D eigenvalue weighted by Gasteiger charge is -2.43. The van der Waals surface area contributed by atoms with Crippen molar-refractivity contribution in [1.82, 2.24) is 0 Å². The average Bonchev–Trinajstić information content (AvgIpc) is 2.76. The van der Waals surface area contributed by atoms with Gasteiger partial charge in [-0.1, -0.05) is 13.5 Å². The average molecular weight is 262 g/mol. The van der Waals surface area contributed by atoms with Gasteiger partial charge >= 0.3 is 5.97 Å². The van der Waals surface area contributed by atoms with Crippen molar-refractivity contribution in [3.05, 3.63) is 24.3 Å². The molecule has 0 aromatic heterocycles. The van der Waals surface area contributed by atoms with Gasteiger partial charge in [-0.05, 0) is 37.8 Å². The number of fused-ring (bicyclic) bond motifs is 3. The normalized spacial score (nSPS) is 48.8. The summed E-state index contributed by atoms with van der Waals surface area (Å²) in [7, 11) is 0. The fourth-order valence-electron chi connectivity index (χ4n) is 3.89. The number of hydrogen-bond donors (Lipinski definition) is 1. The van der Waals surface area contributed by atoms with E-state index in [0.29, 0.717) is 5.57 Å². The van der Waals surface area contributed by atoms with E-state index in [1.165, 1.54) is 6.08 Å². The molecule has 3 aliphatic rings. The van der Waals surface area contributed by atoms with E-state index in [-0.39, 0.29) is 17.6 Å². The molecular weight excluding hydrogens is 244 g/mol. The molecule has 102 valence electrons. The minimum absolute atomic E-state index is 0.0581. The van der Waals surface area contributed by atoms with Crippen molar-refractivity contribution in [2.45, 2.75) is 38.4 Å². The molecule has 0 spiro atoms. The quantitative estimate of drug-likeness (QED) is 0.529. The Morgan fingerprint density at radius 3 is 2.79 bits per heavy atom. The number of ketones is 1. The first-order valence-corrected chi connectivity index (χ1v) is 6.68. The molecule has 19 heavy (non-hydrogen) atoms. The second kappa shape index (κ2) is 3.57. The van der Waals surface area contributed by atoms with Crippen LogP contribution in [0.2, 0.25) is 0 Å². The van der Waals surface area contributed by atoms with E-state index >= 15 is 0 Å². The van der Waals surface area contributed by atoms with Gasteiger partial charge in [0.15, 0.2) is 5.78 Å². The van der Waals surface area contributed by atoms with Crippen LogP contribution < -0.4 is 0 Å². The van der Waals surface area contributed by atoms with Crippen LogP contribution in [0.4, 0.5) is 0 Å². The van der Waals surface area contributed by atoms with Crippen molar-refractivity contribution < 1.29 is 19.4 Å². The molecule has 1 saturated carbocycles. The SMILES string of the molecule is C=C1C(=O)O[C@@H]2C1CC[C@H](C)[C@]1(O)C=CC(=O)[C@@]21C. The Bertz CT molecular complexity index is 520. The van der Waals surface area contributed by atoms with Gasteiger partial charge in [0.05, 0.1) is 0 Å². The maximum atomic E-state index is 12.3. The Morgan fingerprint density at radius 1 is 1.42 bits per heavy atom. The molecule has 1 heterocycles. The lowest BCUT2D eigenvalue weighted by Crippen LogP contribution is -2.56. The summed E-state index contributed by atoms with van der Waals surface area (Å²) in [6, 6.07) is 0. The monoisotopic (exact) mass is 262 g/mol. The second-order valence-electron chi connectivity index (χ2n) is 6.16. The van der Waals surface area contributed by atoms with Crippen molar-refractivity contribution in [3.8, 4) is 0 Å². The Kier molecular flexibility index (Phi) is 2.37. The lowest BCUT2D eigenvalue weighted by atomic mass is 9.65. The zero-order valence-corrected chi connectivity index (χ0v) is 11.2. The summed E-state index contributed by atoms with van der Waals surface area (Å²) < 4.78 is 5.40. The predicted molar refractivity (Wildman–Crippen MR) is 68.1 cm³/mol. The molecule has 1 saturated heterocycles. The van der Waals surface area contributed by atoms with E-state index in [4.69, 9.17) is 4.74 Å². The smallest absolute Gasteiger partial charge is 0.334 e. The molecule has 3 rings (SSSR count). The molecule has 4 heteroatoms.